The fourth-order valence-corrected chi connectivity index (χ4v) is 3.98. The van der Waals surface area contributed by atoms with E-state index >= 15 is 0 Å². The minimum absolute atomic E-state index is 0.0222. The number of hydrogen-bond donors (Lipinski definition) is 1. The first-order valence-corrected chi connectivity index (χ1v) is 8.26. The molecule has 1 heterocycles. The molecule has 1 fully saturated rings. The van der Waals surface area contributed by atoms with Gasteiger partial charge in [0.1, 0.15) is 0 Å². The summed E-state index contributed by atoms with van der Waals surface area (Å²) < 4.78 is 27.6. The highest BCUT2D eigenvalue weighted by Crippen LogP contribution is 2.24. The first-order valence-electron chi connectivity index (χ1n) is 6.86. The van der Waals surface area contributed by atoms with Gasteiger partial charge in [0.15, 0.2) is 0 Å². The van der Waals surface area contributed by atoms with Gasteiger partial charge >= 0.3 is 5.97 Å². The van der Waals surface area contributed by atoms with Crippen LogP contribution in [0.1, 0.15) is 18.4 Å². The van der Waals surface area contributed by atoms with Crippen molar-refractivity contribution in [2.75, 3.05) is 20.1 Å². The largest absolute Gasteiger partial charge is 0.481 e. The molecule has 1 aliphatic rings. The number of benzene rings is 1. The van der Waals surface area contributed by atoms with Crippen LogP contribution in [0.3, 0.4) is 0 Å². The van der Waals surface area contributed by atoms with Gasteiger partial charge in [0.05, 0.1) is 0 Å². The molecule has 7 heteroatoms. The molecular formula is C14H20N2O4S. The van der Waals surface area contributed by atoms with Crippen LogP contribution in [0, 0.1) is 5.92 Å². The standard InChI is InChI=1S/C14H20N2O4S/c1-15(10-12-5-3-2-4-6-12)21(19,20)16-8-7-13(11-16)9-14(17)18/h2-6,13H,7-11H2,1H3,(H,17,18). The van der Waals surface area contributed by atoms with Gasteiger partial charge in [-0.3, -0.25) is 4.79 Å². The van der Waals surface area contributed by atoms with Crippen LogP contribution in [-0.2, 0) is 21.5 Å². The molecule has 1 aromatic rings. The molecular weight excluding hydrogens is 292 g/mol. The highest BCUT2D eigenvalue weighted by atomic mass is 32.2. The summed E-state index contributed by atoms with van der Waals surface area (Å²) in [4.78, 5) is 10.7. The lowest BCUT2D eigenvalue weighted by Gasteiger charge is -2.24. The summed E-state index contributed by atoms with van der Waals surface area (Å²) in [6, 6.07) is 9.38. The Bertz CT molecular complexity index is 588. The van der Waals surface area contributed by atoms with Crippen molar-refractivity contribution in [1.29, 1.82) is 0 Å². The maximum absolute atomic E-state index is 12.5. The molecule has 0 amide bonds. The molecule has 1 aliphatic heterocycles. The zero-order valence-electron chi connectivity index (χ0n) is 12.0. The summed E-state index contributed by atoms with van der Waals surface area (Å²) in [6.07, 6.45) is 0.624. The van der Waals surface area contributed by atoms with Crippen molar-refractivity contribution in [3.8, 4) is 0 Å². The van der Waals surface area contributed by atoms with E-state index < -0.39 is 16.2 Å². The second-order valence-electron chi connectivity index (χ2n) is 5.36. The predicted molar refractivity (Wildman–Crippen MR) is 78.8 cm³/mol. The Morgan fingerprint density at radius 1 is 1.38 bits per heavy atom. The van der Waals surface area contributed by atoms with Crippen molar-refractivity contribution in [1.82, 2.24) is 8.61 Å². The SMILES string of the molecule is CN(Cc1ccccc1)S(=O)(=O)N1CCC(CC(=O)O)C1. The predicted octanol–water partition coefficient (Wildman–Crippen LogP) is 1.16. The smallest absolute Gasteiger partial charge is 0.303 e. The number of nitrogens with zero attached hydrogens (tertiary/aromatic N) is 2. The van der Waals surface area contributed by atoms with E-state index in [9.17, 15) is 13.2 Å². The van der Waals surface area contributed by atoms with Gasteiger partial charge in [-0.05, 0) is 17.9 Å². The van der Waals surface area contributed by atoms with Crippen molar-refractivity contribution in [2.45, 2.75) is 19.4 Å². The van der Waals surface area contributed by atoms with Crippen LogP contribution in [0.4, 0.5) is 0 Å². The minimum atomic E-state index is -3.53. The summed E-state index contributed by atoms with van der Waals surface area (Å²) in [5.74, 6) is -0.973. The van der Waals surface area contributed by atoms with Crippen molar-refractivity contribution in [3.05, 3.63) is 35.9 Å². The average molecular weight is 312 g/mol. The third-order valence-electron chi connectivity index (χ3n) is 3.68. The first kappa shape index (κ1) is 15.9. The Balaban J connectivity index is 2.00. The Labute approximate surface area is 125 Å². The molecule has 1 saturated heterocycles. The quantitative estimate of drug-likeness (QED) is 0.855. The van der Waals surface area contributed by atoms with Gasteiger partial charge in [0.2, 0.25) is 0 Å². The minimum Gasteiger partial charge on any atom is -0.481 e. The van der Waals surface area contributed by atoms with E-state index in [0.717, 1.165) is 5.56 Å². The van der Waals surface area contributed by atoms with Crippen LogP contribution in [0.15, 0.2) is 30.3 Å². The number of aliphatic carboxylic acids is 1. The van der Waals surface area contributed by atoms with Gasteiger partial charge in [-0.15, -0.1) is 0 Å². The van der Waals surface area contributed by atoms with Crippen LogP contribution in [-0.4, -0.2) is 48.2 Å². The van der Waals surface area contributed by atoms with Gasteiger partial charge in [-0.25, -0.2) is 0 Å². The van der Waals surface area contributed by atoms with Crippen LogP contribution in [0.5, 0.6) is 0 Å². The summed E-state index contributed by atoms with van der Waals surface area (Å²) in [5, 5.41) is 8.79. The molecule has 1 unspecified atom stereocenters. The van der Waals surface area contributed by atoms with Crippen molar-refractivity contribution in [2.24, 2.45) is 5.92 Å². The van der Waals surface area contributed by atoms with Crippen LogP contribution < -0.4 is 0 Å². The zero-order valence-corrected chi connectivity index (χ0v) is 12.8. The third kappa shape index (κ3) is 4.03. The average Bonchev–Trinajstić information content (AvgIpc) is 2.88. The highest BCUT2D eigenvalue weighted by Gasteiger charge is 2.34. The van der Waals surface area contributed by atoms with E-state index in [1.165, 1.54) is 8.61 Å². The monoisotopic (exact) mass is 312 g/mol. The Hall–Kier alpha value is -1.44. The number of rotatable bonds is 6. The molecule has 0 aliphatic carbocycles. The van der Waals surface area contributed by atoms with Gasteiger partial charge < -0.3 is 5.11 Å². The summed E-state index contributed by atoms with van der Waals surface area (Å²) in [7, 11) is -1.98. The first-order chi connectivity index (χ1) is 9.89. The molecule has 1 atom stereocenters. The number of hydrogen-bond acceptors (Lipinski definition) is 3. The normalized spacial score (nSPS) is 20.0. The number of carboxylic acid groups (broad SMARTS) is 1. The van der Waals surface area contributed by atoms with E-state index in [0.29, 0.717) is 19.5 Å². The molecule has 1 N–H and O–H groups in total. The van der Waals surface area contributed by atoms with E-state index in [4.69, 9.17) is 5.11 Å². The van der Waals surface area contributed by atoms with Crippen LogP contribution in [0.2, 0.25) is 0 Å². The lowest BCUT2D eigenvalue weighted by molar-refractivity contribution is -0.137. The van der Waals surface area contributed by atoms with Crippen LogP contribution >= 0.6 is 0 Å². The van der Waals surface area contributed by atoms with Crippen molar-refractivity contribution >= 4 is 16.2 Å². The Morgan fingerprint density at radius 3 is 2.67 bits per heavy atom. The summed E-state index contributed by atoms with van der Waals surface area (Å²) in [6.45, 7) is 0.983. The van der Waals surface area contributed by atoms with E-state index in [1.54, 1.807) is 7.05 Å². The third-order valence-corrected chi connectivity index (χ3v) is 5.58. The Morgan fingerprint density at radius 2 is 2.05 bits per heavy atom. The molecule has 0 bridgehead atoms. The van der Waals surface area contributed by atoms with E-state index in [-0.39, 0.29) is 18.9 Å². The molecule has 116 valence electrons. The second-order valence-corrected chi connectivity index (χ2v) is 7.40. The number of carbonyl (C=O) groups is 1. The van der Waals surface area contributed by atoms with Gasteiger partial charge in [-0.2, -0.15) is 17.0 Å². The zero-order chi connectivity index (χ0) is 15.5. The maximum Gasteiger partial charge on any atom is 0.303 e. The van der Waals surface area contributed by atoms with Gasteiger partial charge in [0.25, 0.3) is 10.2 Å². The van der Waals surface area contributed by atoms with Gasteiger partial charge in [0, 0.05) is 33.1 Å². The fourth-order valence-electron chi connectivity index (χ4n) is 2.54. The molecule has 2 rings (SSSR count). The van der Waals surface area contributed by atoms with Crippen molar-refractivity contribution in [3.63, 3.8) is 0 Å². The molecule has 0 aromatic heterocycles. The van der Waals surface area contributed by atoms with Crippen molar-refractivity contribution < 1.29 is 18.3 Å². The van der Waals surface area contributed by atoms with E-state index in [1.807, 2.05) is 30.3 Å². The topological polar surface area (TPSA) is 77.9 Å². The highest BCUT2D eigenvalue weighted by molar-refractivity contribution is 7.86. The lowest BCUT2D eigenvalue weighted by Crippen LogP contribution is -2.40. The van der Waals surface area contributed by atoms with Gasteiger partial charge in [-0.1, -0.05) is 30.3 Å². The van der Waals surface area contributed by atoms with Crippen LogP contribution in [0.25, 0.3) is 0 Å². The Kier molecular flexibility index (Phi) is 4.97. The summed E-state index contributed by atoms with van der Waals surface area (Å²) in [5.41, 5.74) is 0.921. The molecule has 1 aromatic carbocycles. The molecule has 0 radical (unpaired) electrons. The molecule has 0 spiro atoms. The van der Waals surface area contributed by atoms with E-state index in [2.05, 4.69) is 0 Å². The maximum atomic E-state index is 12.5. The molecule has 0 saturated carbocycles. The second kappa shape index (κ2) is 6.55. The molecule has 21 heavy (non-hydrogen) atoms. The molecule has 6 nitrogen and oxygen atoms in total. The lowest BCUT2D eigenvalue weighted by atomic mass is 10.1. The fraction of sp³-hybridized carbons (Fsp3) is 0.500. The summed E-state index contributed by atoms with van der Waals surface area (Å²) >= 11 is 0. The number of carboxylic acids is 1.